The van der Waals surface area contributed by atoms with E-state index in [0.717, 1.165) is 68.6 Å². The number of hydrogen-bond acceptors (Lipinski definition) is 8. The van der Waals surface area contributed by atoms with E-state index in [4.69, 9.17) is 0 Å². The van der Waals surface area contributed by atoms with E-state index < -0.39 is 47.0 Å². The van der Waals surface area contributed by atoms with Crippen LogP contribution in [0.1, 0.15) is 29.7 Å². The summed E-state index contributed by atoms with van der Waals surface area (Å²) in [6.07, 6.45) is -13.9. The van der Waals surface area contributed by atoms with Gasteiger partial charge in [-0.1, -0.05) is 64.5 Å². The number of halogens is 12. The summed E-state index contributed by atoms with van der Waals surface area (Å²) in [5.74, 6) is 0. The van der Waals surface area contributed by atoms with Gasteiger partial charge in [0.1, 0.15) is 0 Å². The summed E-state index contributed by atoms with van der Waals surface area (Å²) in [4.78, 5) is 18.1. The first kappa shape index (κ1) is 51.6. The van der Waals surface area contributed by atoms with Crippen LogP contribution in [0.25, 0.3) is 42.3 Å². The van der Waals surface area contributed by atoms with Crippen molar-refractivity contribution in [1.29, 1.82) is 0 Å². The molecule has 326 valence electrons. The van der Waals surface area contributed by atoms with E-state index >= 15 is 0 Å². The van der Waals surface area contributed by atoms with E-state index in [1.54, 1.807) is 34.3 Å². The molecular formula is C41H25F12IrN4S4. The van der Waals surface area contributed by atoms with Crippen molar-refractivity contribution in [3.63, 3.8) is 0 Å². The molecule has 0 bridgehead atoms. The van der Waals surface area contributed by atoms with E-state index in [0.29, 0.717) is 22.8 Å². The molecule has 8 aromatic rings. The molecule has 4 nitrogen and oxygen atoms in total. The van der Waals surface area contributed by atoms with Gasteiger partial charge in [-0.3, -0.25) is 4.98 Å². The summed E-state index contributed by atoms with van der Waals surface area (Å²) in [5.41, 5.74) is -0.816. The first-order valence-electron chi connectivity index (χ1n) is 16.3. The Morgan fingerprint density at radius 2 is 0.661 bits per heavy atom. The summed E-state index contributed by atoms with van der Waals surface area (Å²) in [5, 5.41) is 7.26. The predicted octanol–water partition coefficient (Wildman–Crippen LogP) is 15.3. The Bertz CT molecular complexity index is 2080. The Labute approximate surface area is 376 Å². The molecular weight excluding hydrogens is 1100 g/mol. The van der Waals surface area contributed by atoms with Crippen LogP contribution < -0.4 is 0 Å². The summed E-state index contributed by atoms with van der Waals surface area (Å²) in [6, 6.07) is 27.0. The van der Waals surface area contributed by atoms with Gasteiger partial charge in [-0.2, -0.15) is 89.1 Å². The maximum Gasteiger partial charge on any atom is 3.00 e. The number of pyridine rings is 4. The molecule has 8 rings (SSSR count). The fraction of sp³-hybridized carbons (Fsp3) is 0.122. The second kappa shape index (κ2) is 22.5. The maximum absolute atomic E-state index is 12.2. The fourth-order valence-corrected chi connectivity index (χ4v) is 7.01. The number of rotatable bonds is 4. The van der Waals surface area contributed by atoms with Crippen LogP contribution in [-0.2, 0) is 44.8 Å². The molecule has 0 saturated heterocycles. The van der Waals surface area contributed by atoms with E-state index in [9.17, 15) is 52.7 Å². The molecule has 0 amide bonds. The third-order valence-corrected chi connectivity index (χ3v) is 10.6. The van der Waals surface area contributed by atoms with E-state index in [1.807, 2.05) is 17.5 Å². The molecule has 8 heterocycles. The van der Waals surface area contributed by atoms with Gasteiger partial charge in [0.15, 0.2) is 0 Å². The molecule has 0 fully saturated rings. The van der Waals surface area contributed by atoms with Crippen LogP contribution in [0.3, 0.4) is 0 Å². The van der Waals surface area contributed by atoms with Crippen LogP contribution in [0.4, 0.5) is 52.7 Å². The molecule has 8 aromatic heterocycles. The van der Waals surface area contributed by atoms with Gasteiger partial charge in [-0.15, -0.1) is 27.5 Å². The Hall–Kier alpha value is -4.79. The zero-order valence-corrected chi connectivity index (χ0v) is 35.6. The maximum atomic E-state index is 12.2. The van der Waals surface area contributed by atoms with Gasteiger partial charge in [0.25, 0.3) is 0 Å². The molecule has 0 aliphatic rings. The topological polar surface area (TPSA) is 51.6 Å². The largest absolute Gasteiger partial charge is 3.00 e. The summed E-state index contributed by atoms with van der Waals surface area (Å²) >= 11 is 5.62. The van der Waals surface area contributed by atoms with Crippen LogP contribution >= 0.6 is 45.3 Å². The van der Waals surface area contributed by atoms with Crippen molar-refractivity contribution in [2.45, 2.75) is 32.1 Å². The number of alkyl halides is 12. The molecule has 0 aliphatic carbocycles. The molecule has 0 spiro atoms. The first-order chi connectivity index (χ1) is 28.3. The van der Waals surface area contributed by atoms with Crippen molar-refractivity contribution < 1.29 is 72.8 Å². The van der Waals surface area contributed by atoms with Gasteiger partial charge < -0.3 is 15.0 Å². The fourth-order valence-electron chi connectivity index (χ4n) is 4.36. The second-order valence-electron chi connectivity index (χ2n) is 11.4. The Morgan fingerprint density at radius 3 is 0.855 bits per heavy atom. The standard InChI is InChI=1S/C10H6F3NS.3C10H5F3NS.CH4.Ir/c4*11-10(12,13)7-3-4-8(14-6-7)9-2-1-5-15-9;;/h1-6H;3*1,3-6H;1H4;/q;3*-1;;+3. The molecule has 0 atom stereocenters. The Balaban J connectivity index is 0.000000218. The van der Waals surface area contributed by atoms with Gasteiger partial charge in [0.05, 0.1) is 32.8 Å². The van der Waals surface area contributed by atoms with Crippen molar-refractivity contribution in [2.24, 2.45) is 0 Å². The number of aromatic nitrogens is 4. The van der Waals surface area contributed by atoms with Crippen LogP contribution in [0.2, 0.25) is 0 Å². The summed E-state index contributed by atoms with van der Waals surface area (Å²) in [7, 11) is 0. The van der Waals surface area contributed by atoms with Gasteiger partial charge in [0.2, 0.25) is 0 Å². The molecule has 0 saturated carbocycles. The number of thiophene rings is 4. The Morgan fingerprint density at radius 1 is 0.371 bits per heavy atom. The monoisotopic (exact) mass is 1120 g/mol. The van der Waals surface area contributed by atoms with Crippen LogP contribution in [0.15, 0.2) is 125 Å². The van der Waals surface area contributed by atoms with Gasteiger partial charge >= 0.3 is 44.8 Å². The normalized spacial score (nSPS) is 11.3. The van der Waals surface area contributed by atoms with Gasteiger partial charge in [-0.05, 0) is 40.7 Å². The summed E-state index contributed by atoms with van der Waals surface area (Å²) < 4.78 is 147. The van der Waals surface area contributed by atoms with E-state index in [2.05, 4.69) is 38.1 Å². The van der Waals surface area contributed by atoms with E-state index in [1.165, 1.54) is 69.6 Å². The molecule has 0 aliphatic heterocycles. The van der Waals surface area contributed by atoms with Crippen LogP contribution in [-0.4, -0.2) is 19.9 Å². The molecule has 0 unspecified atom stereocenters. The predicted molar refractivity (Wildman–Crippen MR) is 213 cm³/mol. The third-order valence-electron chi connectivity index (χ3n) is 7.24. The van der Waals surface area contributed by atoms with Gasteiger partial charge in [0, 0.05) is 24.8 Å². The van der Waals surface area contributed by atoms with Gasteiger partial charge in [-0.25, -0.2) is 34.0 Å². The molecule has 62 heavy (non-hydrogen) atoms. The quantitative estimate of drug-likeness (QED) is 0.130. The smallest absolute Gasteiger partial charge is 0.318 e. The third kappa shape index (κ3) is 15.2. The molecule has 0 N–H and O–H groups in total. The van der Waals surface area contributed by atoms with Crippen molar-refractivity contribution >= 4 is 45.3 Å². The van der Waals surface area contributed by atoms with Crippen LogP contribution in [0.5, 0.6) is 0 Å². The SMILES string of the molecule is C.FC(F)(F)c1ccc(-c2[c-]ccs2)nc1.FC(F)(F)c1ccc(-c2[c-]ccs2)nc1.FC(F)(F)c1ccc(-c2[c-]ccs2)nc1.FC(F)(F)c1ccc(-c2cccs2)nc1.[Ir+3]. The van der Waals surface area contributed by atoms with Crippen LogP contribution in [0, 0.1) is 18.2 Å². The van der Waals surface area contributed by atoms with Crippen molar-refractivity contribution in [3.8, 4) is 42.3 Å². The average Bonchev–Trinajstić information content (AvgIpc) is 4.07. The van der Waals surface area contributed by atoms with Crippen molar-refractivity contribution in [3.05, 3.63) is 166 Å². The van der Waals surface area contributed by atoms with E-state index in [-0.39, 0.29) is 27.5 Å². The first-order valence-corrected chi connectivity index (χ1v) is 19.8. The zero-order chi connectivity index (χ0) is 43.6. The molecule has 0 radical (unpaired) electrons. The minimum Gasteiger partial charge on any atom is -0.318 e. The van der Waals surface area contributed by atoms with Crippen molar-refractivity contribution in [1.82, 2.24) is 19.9 Å². The Kier molecular flexibility index (Phi) is 18.7. The summed E-state index contributed by atoms with van der Waals surface area (Å²) in [6.45, 7) is 0. The number of hydrogen-bond donors (Lipinski definition) is 0. The second-order valence-corrected chi connectivity index (χ2v) is 15.1. The average molecular weight is 1120 g/mol. The minimum atomic E-state index is -4.33. The molecule has 0 aromatic carbocycles. The zero-order valence-electron chi connectivity index (χ0n) is 29.9. The minimum absolute atomic E-state index is 0. The number of nitrogens with zero attached hydrogens (tertiary/aromatic N) is 4. The van der Waals surface area contributed by atoms with Crippen molar-refractivity contribution in [2.75, 3.05) is 0 Å². The molecule has 21 heteroatoms.